The van der Waals surface area contributed by atoms with Crippen molar-refractivity contribution in [3.63, 3.8) is 0 Å². The van der Waals surface area contributed by atoms with Gasteiger partial charge in [-0.2, -0.15) is 0 Å². The number of aryl methyl sites for hydroxylation is 2. The predicted molar refractivity (Wildman–Crippen MR) is 96.9 cm³/mol. The van der Waals surface area contributed by atoms with E-state index < -0.39 is 22.9 Å². The molecule has 0 aliphatic carbocycles. The minimum atomic E-state index is -1.02. The van der Waals surface area contributed by atoms with Gasteiger partial charge >= 0.3 is 5.97 Å². The lowest BCUT2D eigenvalue weighted by Gasteiger charge is -2.15. The van der Waals surface area contributed by atoms with E-state index in [9.17, 15) is 19.7 Å². The van der Waals surface area contributed by atoms with Crippen LogP contribution in [0, 0.1) is 24.0 Å². The van der Waals surface area contributed by atoms with E-state index in [1.54, 1.807) is 12.1 Å². The number of nitro groups is 1. The highest BCUT2D eigenvalue weighted by Gasteiger charge is 2.21. The van der Waals surface area contributed by atoms with Gasteiger partial charge in [-0.25, -0.2) is 0 Å². The Labute approximate surface area is 151 Å². The Morgan fingerprint density at radius 2 is 1.88 bits per heavy atom. The summed E-state index contributed by atoms with van der Waals surface area (Å²) in [7, 11) is 0. The van der Waals surface area contributed by atoms with Gasteiger partial charge in [-0.15, -0.1) is 0 Å². The van der Waals surface area contributed by atoms with Crippen LogP contribution in [0.25, 0.3) is 0 Å². The molecule has 136 valence electrons. The fraction of sp³-hybridized carbons (Fsp3) is 0.263. The molecule has 0 radical (unpaired) electrons. The van der Waals surface area contributed by atoms with E-state index in [2.05, 4.69) is 5.32 Å². The van der Waals surface area contributed by atoms with Gasteiger partial charge in [0.05, 0.1) is 11.3 Å². The van der Waals surface area contributed by atoms with Crippen molar-refractivity contribution in [1.82, 2.24) is 0 Å². The van der Waals surface area contributed by atoms with Crippen LogP contribution in [0.5, 0.6) is 0 Å². The van der Waals surface area contributed by atoms with E-state index in [0.717, 1.165) is 11.1 Å². The first-order valence-corrected chi connectivity index (χ1v) is 8.08. The Morgan fingerprint density at radius 1 is 1.19 bits per heavy atom. The molecule has 0 aliphatic rings. The standard InChI is InChI=1S/C19H20N2O5/c1-12-8-9-16(13(2)10-12)20-19(23)14(3)26-18(22)11-15-6-4-5-7-17(15)21(24)25/h4-10,14H,11H2,1-3H3,(H,20,23). The minimum absolute atomic E-state index is 0.156. The summed E-state index contributed by atoms with van der Waals surface area (Å²) in [4.78, 5) is 34.7. The highest BCUT2D eigenvalue weighted by molar-refractivity contribution is 5.95. The van der Waals surface area contributed by atoms with Crippen molar-refractivity contribution < 1.29 is 19.2 Å². The average Bonchev–Trinajstić information content (AvgIpc) is 2.57. The van der Waals surface area contributed by atoms with Crippen molar-refractivity contribution in [3.8, 4) is 0 Å². The summed E-state index contributed by atoms with van der Waals surface area (Å²) in [6.45, 7) is 5.27. The molecule has 1 atom stereocenters. The first kappa shape index (κ1) is 19.1. The summed E-state index contributed by atoms with van der Waals surface area (Å²) in [6, 6.07) is 11.5. The van der Waals surface area contributed by atoms with E-state index in [4.69, 9.17) is 4.74 Å². The number of carbonyl (C=O) groups is 2. The van der Waals surface area contributed by atoms with E-state index >= 15 is 0 Å². The number of ether oxygens (including phenoxy) is 1. The third-order valence-corrected chi connectivity index (χ3v) is 3.84. The quantitative estimate of drug-likeness (QED) is 0.486. The van der Waals surface area contributed by atoms with Crippen LogP contribution in [0.1, 0.15) is 23.6 Å². The number of nitrogens with one attached hydrogen (secondary N) is 1. The van der Waals surface area contributed by atoms with Crippen molar-refractivity contribution in [2.24, 2.45) is 0 Å². The molecular formula is C19H20N2O5. The molecule has 1 unspecified atom stereocenters. The van der Waals surface area contributed by atoms with Crippen molar-refractivity contribution in [1.29, 1.82) is 0 Å². The number of esters is 1. The molecule has 1 amide bonds. The Morgan fingerprint density at radius 3 is 2.54 bits per heavy atom. The number of carbonyl (C=O) groups excluding carboxylic acids is 2. The SMILES string of the molecule is Cc1ccc(NC(=O)C(C)OC(=O)Cc2ccccc2[N+](=O)[O-])c(C)c1. The van der Waals surface area contributed by atoms with Crippen LogP contribution in [0.3, 0.4) is 0 Å². The fourth-order valence-electron chi connectivity index (χ4n) is 2.47. The lowest BCUT2D eigenvalue weighted by molar-refractivity contribution is -0.385. The zero-order valence-corrected chi connectivity index (χ0v) is 14.8. The molecule has 2 rings (SSSR count). The molecule has 0 fully saturated rings. The normalized spacial score (nSPS) is 11.5. The second kappa shape index (κ2) is 8.24. The Bertz CT molecular complexity index is 848. The van der Waals surface area contributed by atoms with Gasteiger partial charge in [0, 0.05) is 17.3 Å². The van der Waals surface area contributed by atoms with Crippen molar-refractivity contribution in [3.05, 3.63) is 69.3 Å². The molecule has 0 saturated carbocycles. The van der Waals surface area contributed by atoms with Crippen LogP contribution in [0.2, 0.25) is 0 Å². The van der Waals surface area contributed by atoms with Gasteiger partial charge in [0.2, 0.25) is 0 Å². The average molecular weight is 356 g/mol. The van der Waals surface area contributed by atoms with Crippen LogP contribution in [-0.4, -0.2) is 22.9 Å². The van der Waals surface area contributed by atoms with E-state index in [-0.39, 0.29) is 17.7 Å². The van der Waals surface area contributed by atoms with Gasteiger partial charge in [-0.05, 0) is 32.4 Å². The number of benzene rings is 2. The van der Waals surface area contributed by atoms with Crippen molar-refractivity contribution in [2.45, 2.75) is 33.3 Å². The van der Waals surface area contributed by atoms with Gasteiger partial charge < -0.3 is 10.1 Å². The smallest absolute Gasteiger partial charge is 0.311 e. The number of nitro benzene ring substituents is 1. The number of para-hydroxylation sites is 1. The van der Waals surface area contributed by atoms with Crippen molar-refractivity contribution >= 4 is 23.3 Å². The van der Waals surface area contributed by atoms with Crippen LogP contribution in [-0.2, 0) is 20.7 Å². The molecule has 0 heterocycles. The molecule has 1 N–H and O–H groups in total. The Balaban J connectivity index is 1.98. The largest absolute Gasteiger partial charge is 0.452 e. The van der Waals surface area contributed by atoms with Gasteiger partial charge in [-0.1, -0.05) is 35.9 Å². The summed E-state index contributed by atoms with van der Waals surface area (Å²) in [5, 5.41) is 13.7. The predicted octanol–water partition coefficient (Wildman–Crippen LogP) is 3.32. The Kier molecular flexibility index (Phi) is 6.06. The third-order valence-electron chi connectivity index (χ3n) is 3.84. The van der Waals surface area contributed by atoms with Crippen molar-refractivity contribution in [2.75, 3.05) is 5.32 Å². The molecule has 0 bridgehead atoms. The maximum absolute atomic E-state index is 12.2. The zero-order chi connectivity index (χ0) is 19.3. The summed E-state index contributed by atoms with van der Waals surface area (Å²) >= 11 is 0. The summed E-state index contributed by atoms with van der Waals surface area (Å²) < 4.78 is 5.11. The molecule has 7 nitrogen and oxygen atoms in total. The topological polar surface area (TPSA) is 98.5 Å². The number of anilines is 1. The number of hydrogen-bond acceptors (Lipinski definition) is 5. The monoisotopic (exact) mass is 356 g/mol. The molecule has 0 saturated heterocycles. The molecule has 7 heteroatoms. The van der Waals surface area contributed by atoms with E-state index in [1.165, 1.54) is 25.1 Å². The number of nitrogens with zero attached hydrogens (tertiary/aromatic N) is 1. The van der Waals surface area contributed by atoms with E-state index in [0.29, 0.717) is 5.69 Å². The zero-order valence-electron chi connectivity index (χ0n) is 14.8. The molecule has 0 spiro atoms. The third kappa shape index (κ3) is 4.89. The van der Waals surface area contributed by atoms with Crippen LogP contribution in [0.15, 0.2) is 42.5 Å². The lowest BCUT2D eigenvalue weighted by atomic mass is 10.1. The summed E-state index contributed by atoms with van der Waals surface area (Å²) in [5.74, 6) is -1.17. The first-order chi connectivity index (χ1) is 12.3. The van der Waals surface area contributed by atoms with Crippen LogP contribution < -0.4 is 5.32 Å². The molecule has 2 aromatic rings. The highest BCUT2D eigenvalue weighted by atomic mass is 16.6. The summed E-state index contributed by atoms with van der Waals surface area (Å²) in [6.07, 6.45) is -1.30. The van der Waals surface area contributed by atoms with E-state index in [1.807, 2.05) is 26.0 Å². The van der Waals surface area contributed by atoms with Gasteiger partial charge in [-0.3, -0.25) is 19.7 Å². The van der Waals surface area contributed by atoms with Gasteiger partial charge in [0.25, 0.3) is 11.6 Å². The number of rotatable bonds is 6. The maximum atomic E-state index is 12.2. The highest BCUT2D eigenvalue weighted by Crippen LogP contribution is 2.19. The number of hydrogen-bond donors (Lipinski definition) is 1. The van der Waals surface area contributed by atoms with Crippen LogP contribution >= 0.6 is 0 Å². The molecule has 26 heavy (non-hydrogen) atoms. The second-order valence-electron chi connectivity index (χ2n) is 6.00. The fourth-order valence-corrected chi connectivity index (χ4v) is 2.47. The number of amides is 1. The maximum Gasteiger partial charge on any atom is 0.311 e. The molecule has 2 aromatic carbocycles. The second-order valence-corrected chi connectivity index (χ2v) is 6.00. The van der Waals surface area contributed by atoms with Crippen LogP contribution in [0.4, 0.5) is 11.4 Å². The molecule has 0 aliphatic heterocycles. The molecular weight excluding hydrogens is 336 g/mol. The lowest BCUT2D eigenvalue weighted by Crippen LogP contribution is -2.30. The van der Waals surface area contributed by atoms with Gasteiger partial charge in [0.1, 0.15) is 0 Å². The first-order valence-electron chi connectivity index (χ1n) is 8.08. The minimum Gasteiger partial charge on any atom is -0.452 e. The molecule has 0 aromatic heterocycles. The summed E-state index contributed by atoms with van der Waals surface area (Å²) in [5.41, 5.74) is 2.70. The van der Waals surface area contributed by atoms with Gasteiger partial charge in [0.15, 0.2) is 6.10 Å². The Hall–Kier alpha value is -3.22.